The van der Waals surface area contributed by atoms with E-state index in [4.69, 9.17) is 5.73 Å². The Morgan fingerprint density at radius 1 is 1.07 bits per heavy atom. The van der Waals surface area contributed by atoms with Gasteiger partial charge in [-0.25, -0.2) is 8.78 Å². The van der Waals surface area contributed by atoms with Gasteiger partial charge in [0.25, 0.3) is 5.91 Å². The molecule has 2 amide bonds. The lowest BCUT2D eigenvalue weighted by atomic mass is 9.74. The smallest absolute Gasteiger partial charge is 0.254 e. The summed E-state index contributed by atoms with van der Waals surface area (Å²) in [5.74, 6) is -2.48. The molecule has 0 bridgehead atoms. The molecular weight excluding hydrogens is 376 g/mol. The molecule has 0 radical (unpaired) electrons. The fourth-order valence-corrected chi connectivity index (χ4v) is 3.93. The first kappa shape index (κ1) is 21.6. The maximum atomic E-state index is 13.3. The van der Waals surface area contributed by atoms with Gasteiger partial charge in [0.1, 0.15) is 0 Å². The average Bonchev–Trinajstić information content (AvgIpc) is 2.62. The van der Waals surface area contributed by atoms with Crippen molar-refractivity contribution in [3.8, 4) is 0 Å². The number of benzene rings is 1. The molecule has 2 N–H and O–H groups in total. The number of halogens is 3. The van der Waals surface area contributed by atoms with Gasteiger partial charge in [-0.3, -0.25) is 9.59 Å². The SMILES string of the molecule is CC1(N)CCCCC1C(=O)N1CCN(C(=O)c2ccc(F)c(F)c2)CC1.Cl. The number of piperazine rings is 1. The van der Waals surface area contributed by atoms with Crippen LogP contribution in [0.25, 0.3) is 0 Å². The Kier molecular flexibility index (Phi) is 6.81. The first-order chi connectivity index (χ1) is 12.3. The zero-order chi connectivity index (χ0) is 18.9. The lowest BCUT2D eigenvalue weighted by Gasteiger charge is -2.42. The van der Waals surface area contributed by atoms with Crippen molar-refractivity contribution in [2.24, 2.45) is 11.7 Å². The molecule has 2 atom stereocenters. The fraction of sp³-hybridized carbons (Fsp3) is 0.579. The van der Waals surface area contributed by atoms with Crippen LogP contribution in [-0.2, 0) is 4.79 Å². The monoisotopic (exact) mass is 401 g/mol. The molecule has 1 aromatic rings. The highest BCUT2D eigenvalue weighted by atomic mass is 35.5. The normalized spacial score (nSPS) is 25.7. The summed E-state index contributed by atoms with van der Waals surface area (Å²) in [6.07, 6.45) is 3.71. The van der Waals surface area contributed by atoms with Gasteiger partial charge < -0.3 is 15.5 Å². The third-order valence-electron chi connectivity index (χ3n) is 5.60. The average molecular weight is 402 g/mol. The Labute approximate surface area is 164 Å². The van der Waals surface area contributed by atoms with Gasteiger partial charge in [-0.15, -0.1) is 12.4 Å². The maximum absolute atomic E-state index is 13.3. The zero-order valence-electron chi connectivity index (χ0n) is 15.4. The number of hydrogen-bond donors (Lipinski definition) is 1. The summed E-state index contributed by atoms with van der Waals surface area (Å²) in [5, 5.41) is 0. The van der Waals surface area contributed by atoms with Crippen molar-refractivity contribution in [3.05, 3.63) is 35.4 Å². The van der Waals surface area contributed by atoms with E-state index in [0.29, 0.717) is 26.2 Å². The molecule has 1 aromatic carbocycles. The Morgan fingerprint density at radius 3 is 2.30 bits per heavy atom. The van der Waals surface area contributed by atoms with Crippen molar-refractivity contribution in [2.75, 3.05) is 26.2 Å². The molecular formula is C19H26ClF2N3O2. The minimum atomic E-state index is -1.04. The van der Waals surface area contributed by atoms with E-state index < -0.39 is 17.2 Å². The second-order valence-electron chi connectivity index (χ2n) is 7.55. The quantitative estimate of drug-likeness (QED) is 0.828. The highest BCUT2D eigenvalue weighted by molar-refractivity contribution is 5.94. The van der Waals surface area contributed by atoms with Crippen LogP contribution < -0.4 is 5.73 Å². The largest absolute Gasteiger partial charge is 0.339 e. The molecule has 27 heavy (non-hydrogen) atoms. The number of rotatable bonds is 2. The standard InChI is InChI=1S/C19H25F2N3O2.ClH/c1-19(22)7-3-2-4-14(19)18(26)24-10-8-23(9-11-24)17(25)13-5-6-15(20)16(21)12-13;/h5-6,12,14H,2-4,7-11,22H2,1H3;1H. The molecule has 1 saturated heterocycles. The summed E-state index contributed by atoms with van der Waals surface area (Å²) in [6, 6.07) is 3.14. The fourth-order valence-electron chi connectivity index (χ4n) is 3.93. The van der Waals surface area contributed by atoms with Crippen molar-refractivity contribution in [2.45, 2.75) is 38.1 Å². The number of carbonyl (C=O) groups excluding carboxylic acids is 2. The molecule has 1 saturated carbocycles. The van der Waals surface area contributed by atoms with E-state index in [9.17, 15) is 18.4 Å². The van der Waals surface area contributed by atoms with Crippen LogP contribution in [0.5, 0.6) is 0 Å². The molecule has 2 fully saturated rings. The Bertz CT molecular complexity index is 706. The minimum Gasteiger partial charge on any atom is -0.339 e. The van der Waals surface area contributed by atoms with E-state index in [0.717, 1.165) is 37.8 Å². The van der Waals surface area contributed by atoms with Crippen molar-refractivity contribution < 1.29 is 18.4 Å². The van der Waals surface area contributed by atoms with Gasteiger partial charge in [-0.2, -0.15) is 0 Å². The number of carbonyl (C=O) groups is 2. The van der Waals surface area contributed by atoms with Gasteiger partial charge in [0.05, 0.1) is 5.92 Å². The number of amides is 2. The van der Waals surface area contributed by atoms with Crippen LogP contribution in [0.15, 0.2) is 18.2 Å². The first-order valence-corrected chi connectivity index (χ1v) is 9.11. The summed E-state index contributed by atoms with van der Waals surface area (Å²) in [6.45, 7) is 3.55. The van der Waals surface area contributed by atoms with Crippen LogP contribution >= 0.6 is 12.4 Å². The van der Waals surface area contributed by atoms with Gasteiger partial charge in [0.15, 0.2) is 11.6 Å². The van der Waals surface area contributed by atoms with Gasteiger partial charge in [0.2, 0.25) is 5.91 Å². The highest BCUT2D eigenvalue weighted by Crippen LogP contribution is 2.33. The molecule has 2 aliphatic rings. The molecule has 0 spiro atoms. The predicted octanol–water partition coefficient (Wildman–Crippen LogP) is 2.58. The predicted molar refractivity (Wildman–Crippen MR) is 101 cm³/mol. The third kappa shape index (κ3) is 4.58. The number of nitrogens with zero attached hydrogens (tertiary/aromatic N) is 2. The van der Waals surface area contributed by atoms with E-state index >= 15 is 0 Å². The van der Waals surface area contributed by atoms with Gasteiger partial charge in [-0.1, -0.05) is 12.8 Å². The van der Waals surface area contributed by atoms with Gasteiger partial charge in [0, 0.05) is 37.3 Å². The molecule has 1 heterocycles. The third-order valence-corrected chi connectivity index (χ3v) is 5.60. The van der Waals surface area contributed by atoms with Crippen LogP contribution in [-0.4, -0.2) is 53.3 Å². The molecule has 5 nitrogen and oxygen atoms in total. The van der Waals surface area contributed by atoms with Gasteiger partial charge in [-0.05, 0) is 38.0 Å². The first-order valence-electron chi connectivity index (χ1n) is 9.11. The maximum Gasteiger partial charge on any atom is 0.254 e. The summed E-state index contributed by atoms with van der Waals surface area (Å²) >= 11 is 0. The summed E-state index contributed by atoms with van der Waals surface area (Å²) in [5.41, 5.74) is 5.97. The Balaban J connectivity index is 0.00000261. The summed E-state index contributed by atoms with van der Waals surface area (Å²) in [7, 11) is 0. The van der Waals surface area contributed by atoms with Crippen molar-refractivity contribution in [1.82, 2.24) is 9.80 Å². The summed E-state index contributed by atoms with van der Waals surface area (Å²) < 4.78 is 26.4. The van der Waals surface area contributed by atoms with E-state index in [1.165, 1.54) is 6.07 Å². The Morgan fingerprint density at radius 2 is 1.70 bits per heavy atom. The van der Waals surface area contributed by atoms with Crippen LogP contribution in [0.2, 0.25) is 0 Å². The van der Waals surface area contributed by atoms with Crippen LogP contribution in [0.3, 0.4) is 0 Å². The van der Waals surface area contributed by atoms with E-state index in [1.54, 1.807) is 9.80 Å². The molecule has 1 aliphatic carbocycles. The number of nitrogens with two attached hydrogens (primary N) is 1. The topological polar surface area (TPSA) is 66.6 Å². The van der Waals surface area contributed by atoms with Crippen molar-refractivity contribution in [1.29, 1.82) is 0 Å². The highest BCUT2D eigenvalue weighted by Gasteiger charge is 2.40. The second kappa shape index (κ2) is 8.52. The molecule has 2 unspecified atom stereocenters. The van der Waals surface area contributed by atoms with Crippen LogP contribution in [0.1, 0.15) is 43.0 Å². The molecule has 3 rings (SSSR count). The molecule has 0 aromatic heterocycles. The number of hydrogen-bond acceptors (Lipinski definition) is 3. The van der Waals surface area contributed by atoms with E-state index in [1.807, 2.05) is 6.92 Å². The summed E-state index contributed by atoms with van der Waals surface area (Å²) in [4.78, 5) is 28.6. The van der Waals surface area contributed by atoms with Crippen molar-refractivity contribution in [3.63, 3.8) is 0 Å². The minimum absolute atomic E-state index is 0. The van der Waals surface area contributed by atoms with Crippen LogP contribution in [0.4, 0.5) is 8.78 Å². The van der Waals surface area contributed by atoms with Gasteiger partial charge >= 0.3 is 0 Å². The van der Waals surface area contributed by atoms with Crippen LogP contribution in [0, 0.1) is 17.6 Å². The lowest BCUT2D eigenvalue weighted by molar-refractivity contribution is -0.140. The zero-order valence-corrected chi connectivity index (χ0v) is 16.2. The van der Waals surface area contributed by atoms with Crippen molar-refractivity contribution >= 4 is 24.2 Å². The molecule has 150 valence electrons. The molecule has 1 aliphatic heterocycles. The van der Waals surface area contributed by atoms with E-state index in [2.05, 4.69) is 0 Å². The van der Waals surface area contributed by atoms with E-state index in [-0.39, 0.29) is 35.7 Å². The Hall–Kier alpha value is -1.73. The lowest BCUT2D eigenvalue weighted by Crippen LogP contribution is -2.57. The second-order valence-corrected chi connectivity index (χ2v) is 7.55. The molecule has 8 heteroatoms.